The van der Waals surface area contributed by atoms with Gasteiger partial charge in [-0.05, 0) is 56.0 Å². The molecule has 0 bridgehead atoms. The second-order valence-corrected chi connectivity index (χ2v) is 9.65. The first-order valence-corrected chi connectivity index (χ1v) is 11.9. The van der Waals surface area contributed by atoms with Crippen LogP contribution in [0, 0.1) is 0 Å². The fraction of sp³-hybridized carbons (Fsp3) is 0.250. The minimum atomic E-state index is -0.732. The Morgan fingerprint density at radius 1 is 1.15 bits per heavy atom. The Balaban J connectivity index is 1.92. The highest BCUT2D eigenvalue weighted by atomic mass is 32.1. The van der Waals surface area contributed by atoms with Crippen LogP contribution in [0.25, 0.3) is 6.08 Å². The maximum atomic E-state index is 13.5. The van der Waals surface area contributed by atoms with Crippen molar-refractivity contribution in [1.29, 1.82) is 0 Å². The number of rotatable bonds is 5. The molecule has 0 N–H and O–H groups in total. The quantitative estimate of drug-likeness (QED) is 0.522. The van der Waals surface area contributed by atoms with Crippen LogP contribution in [0.1, 0.15) is 47.6 Å². The van der Waals surface area contributed by atoms with Gasteiger partial charge in [-0.3, -0.25) is 9.36 Å². The number of aromatic nitrogens is 1. The molecular weight excluding hydrogens is 460 g/mol. The van der Waals surface area contributed by atoms with E-state index in [0.29, 0.717) is 31.7 Å². The lowest BCUT2D eigenvalue weighted by atomic mass is 9.95. The van der Waals surface area contributed by atoms with Gasteiger partial charge in [0.05, 0.1) is 40.6 Å². The summed E-state index contributed by atoms with van der Waals surface area (Å²) in [5.41, 5.74) is 1.59. The molecule has 0 spiro atoms. The Labute approximate surface area is 197 Å². The van der Waals surface area contributed by atoms with Gasteiger partial charge in [-0.15, -0.1) is 11.3 Å². The van der Waals surface area contributed by atoms with Crippen molar-refractivity contribution >= 4 is 40.7 Å². The van der Waals surface area contributed by atoms with Crippen molar-refractivity contribution in [2.24, 2.45) is 4.99 Å². The van der Waals surface area contributed by atoms with Crippen LogP contribution in [-0.4, -0.2) is 29.7 Å². The molecule has 1 aromatic carbocycles. The van der Waals surface area contributed by atoms with Crippen LogP contribution in [0.2, 0.25) is 0 Å². The highest BCUT2D eigenvalue weighted by molar-refractivity contribution is 7.11. The standard InChI is InChI=1S/C24H22N2O5S2/c1-13(2)31-23(29)19-14(3)25-24-26(21(27)18(33-24)12-17-6-5-11-32-17)20(19)15-7-9-16(10-8-15)22(28)30-4/h5-13,20H,1-4H3. The van der Waals surface area contributed by atoms with Gasteiger partial charge in [0.2, 0.25) is 0 Å². The van der Waals surface area contributed by atoms with Crippen molar-refractivity contribution in [3.63, 3.8) is 0 Å². The molecule has 0 saturated heterocycles. The van der Waals surface area contributed by atoms with Crippen LogP contribution in [0.3, 0.4) is 0 Å². The number of hydrogen-bond donors (Lipinski definition) is 0. The summed E-state index contributed by atoms with van der Waals surface area (Å²) in [5, 5.41) is 1.94. The summed E-state index contributed by atoms with van der Waals surface area (Å²) >= 11 is 2.81. The molecule has 9 heteroatoms. The molecule has 0 saturated carbocycles. The molecule has 3 heterocycles. The predicted molar refractivity (Wildman–Crippen MR) is 127 cm³/mol. The predicted octanol–water partition coefficient (Wildman–Crippen LogP) is 3.03. The molecule has 1 atom stereocenters. The lowest BCUT2D eigenvalue weighted by molar-refractivity contribution is -0.143. The molecule has 1 aliphatic rings. The maximum absolute atomic E-state index is 13.5. The minimum absolute atomic E-state index is 0.239. The summed E-state index contributed by atoms with van der Waals surface area (Å²) in [6.07, 6.45) is 1.50. The molecule has 33 heavy (non-hydrogen) atoms. The van der Waals surface area contributed by atoms with Crippen molar-refractivity contribution in [1.82, 2.24) is 4.57 Å². The van der Waals surface area contributed by atoms with Crippen molar-refractivity contribution in [2.45, 2.75) is 32.9 Å². The van der Waals surface area contributed by atoms with Crippen LogP contribution < -0.4 is 14.9 Å². The van der Waals surface area contributed by atoms with Gasteiger partial charge >= 0.3 is 11.9 Å². The van der Waals surface area contributed by atoms with Crippen molar-refractivity contribution < 1.29 is 19.1 Å². The van der Waals surface area contributed by atoms with E-state index in [0.717, 1.165) is 4.88 Å². The zero-order chi connectivity index (χ0) is 23.7. The van der Waals surface area contributed by atoms with E-state index in [1.165, 1.54) is 34.4 Å². The molecule has 4 rings (SSSR count). The number of benzene rings is 1. The molecule has 0 amide bonds. The molecule has 3 aromatic rings. The molecule has 0 radical (unpaired) electrons. The number of hydrogen-bond acceptors (Lipinski definition) is 8. The van der Waals surface area contributed by atoms with E-state index >= 15 is 0 Å². The van der Waals surface area contributed by atoms with Gasteiger partial charge in [-0.2, -0.15) is 0 Å². The molecule has 1 aliphatic heterocycles. The normalized spacial score (nSPS) is 15.9. The number of fused-ring (bicyclic) bond motifs is 1. The van der Waals surface area contributed by atoms with Gasteiger partial charge in [0.25, 0.3) is 5.56 Å². The second-order valence-electron chi connectivity index (χ2n) is 7.66. The van der Waals surface area contributed by atoms with Crippen LogP contribution in [0.15, 0.2) is 62.8 Å². The minimum Gasteiger partial charge on any atom is -0.465 e. The van der Waals surface area contributed by atoms with Crippen LogP contribution in [0.5, 0.6) is 0 Å². The Bertz CT molecular complexity index is 1410. The monoisotopic (exact) mass is 482 g/mol. The molecule has 0 fully saturated rings. The summed E-state index contributed by atoms with van der Waals surface area (Å²) < 4.78 is 12.3. The van der Waals surface area contributed by atoms with Gasteiger partial charge < -0.3 is 9.47 Å². The number of methoxy groups -OCH3 is 1. The van der Waals surface area contributed by atoms with E-state index in [9.17, 15) is 14.4 Å². The van der Waals surface area contributed by atoms with Gasteiger partial charge in [0.1, 0.15) is 0 Å². The first-order valence-electron chi connectivity index (χ1n) is 10.3. The summed E-state index contributed by atoms with van der Waals surface area (Å²) in [6, 6.07) is 9.78. The van der Waals surface area contributed by atoms with Gasteiger partial charge in [-0.1, -0.05) is 29.5 Å². The number of carbonyl (C=O) groups excluding carboxylic acids is 2. The highest BCUT2D eigenvalue weighted by Crippen LogP contribution is 2.31. The van der Waals surface area contributed by atoms with Gasteiger partial charge in [0, 0.05) is 4.88 Å². The first kappa shape index (κ1) is 22.9. The number of carbonyl (C=O) groups is 2. The highest BCUT2D eigenvalue weighted by Gasteiger charge is 2.33. The van der Waals surface area contributed by atoms with Crippen LogP contribution >= 0.6 is 22.7 Å². The third-order valence-electron chi connectivity index (χ3n) is 5.05. The smallest absolute Gasteiger partial charge is 0.338 e. The van der Waals surface area contributed by atoms with Gasteiger partial charge in [0.15, 0.2) is 4.80 Å². The van der Waals surface area contributed by atoms with E-state index < -0.39 is 18.0 Å². The number of thiophene rings is 1. The Hall–Kier alpha value is -3.30. The molecule has 2 aromatic heterocycles. The molecule has 0 aliphatic carbocycles. The van der Waals surface area contributed by atoms with Crippen molar-refractivity contribution in [3.05, 3.63) is 88.7 Å². The first-order chi connectivity index (χ1) is 15.8. The molecule has 1 unspecified atom stereocenters. The SMILES string of the molecule is COC(=O)c1ccc(C2C(C(=O)OC(C)C)=C(C)N=c3sc(=Cc4cccs4)c(=O)n32)cc1. The van der Waals surface area contributed by atoms with E-state index in [4.69, 9.17) is 9.47 Å². The average molecular weight is 483 g/mol. The lowest BCUT2D eigenvalue weighted by Crippen LogP contribution is -2.40. The fourth-order valence-electron chi connectivity index (χ4n) is 3.60. The number of thiazole rings is 1. The number of nitrogens with zero attached hydrogens (tertiary/aromatic N) is 2. The van der Waals surface area contributed by atoms with E-state index in [1.54, 1.807) is 45.0 Å². The van der Waals surface area contributed by atoms with E-state index in [-0.39, 0.29) is 11.7 Å². The Morgan fingerprint density at radius 2 is 1.88 bits per heavy atom. The van der Waals surface area contributed by atoms with Crippen LogP contribution in [0.4, 0.5) is 0 Å². The largest absolute Gasteiger partial charge is 0.465 e. The molecule has 7 nitrogen and oxygen atoms in total. The van der Waals surface area contributed by atoms with E-state index in [2.05, 4.69) is 4.99 Å². The lowest BCUT2D eigenvalue weighted by Gasteiger charge is -2.25. The Kier molecular flexibility index (Phi) is 6.44. The van der Waals surface area contributed by atoms with E-state index in [1.807, 2.05) is 23.6 Å². The fourth-order valence-corrected chi connectivity index (χ4v) is 5.37. The number of esters is 2. The molecule has 170 valence electrons. The Morgan fingerprint density at radius 3 is 2.48 bits per heavy atom. The summed E-state index contributed by atoms with van der Waals surface area (Å²) in [6.45, 7) is 5.28. The zero-order valence-electron chi connectivity index (χ0n) is 18.5. The maximum Gasteiger partial charge on any atom is 0.338 e. The van der Waals surface area contributed by atoms with Crippen molar-refractivity contribution in [2.75, 3.05) is 7.11 Å². The van der Waals surface area contributed by atoms with Crippen LogP contribution in [-0.2, 0) is 14.3 Å². The summed E-state index contributed by atoms with van der Waals surface area (Å²) in [5.74, 6) is -0.992. The third-order valence-corrected chi connectivity index (χ3v) is 6.85. The van der Waals surface area contributed by atoms with Gasteiger partial charge in [-0.25, -0.2) is 14.6 Å². The summed E-state index contributed by atoms with van der Waals surface area (Å²) in [4.78, 5) is 44.5. The zero-order valence-corrected chi connectivity index (χ0v) is 20.2. The third kappa shape index (κ3) is 4.46. The average Bonchev–Trinajstić information content (AvgIpc) is 3.40. The number of allylic oxidation sites excluding steroid dienone is 1. The summed E-state index contributed by atoms with van der Waals surface area (Å²) in [7, 11) is 1.31. The topological polar surface area (TPSA) is 87.0 Å². The molecular formula is C24H22N2O5S2. The second kappa shape index (κ2) is 9.29. The number of ether oxygens (including phenoxy) is 2. The van der Waals surface area contributed by atoms with Crippen molar-refractivity contribution in [3.8, 4) is 0 Å².